The highest BCUT2D eigenvalue weighted by Gasteiger charge is 2.28. The van der Waals surface area contributed by atoms with Gasteiger partial charge in [0.15, 0.2) is 15.5 Å². The Morgan fingerprint density at radius 2 is 1.77 bits per heavy atom. The molecule has 14 nitrogen and oxygen atoms in total. The summed E-state index contributed by atoms with van der Waals surface area (Å²) in [7, 11) is -0.483. The van der Waals surface area contributed by atoms with Gasteiger partial charge < -0.3 is 19.6 Å². The molecule has 4 heterocycles. The van der Waals surface area contributed by atoms with Gasteiger partial charge in [0.05, 0.1) is 30.7 Å². The normalized spacial score (nSPS) is 13.9. The van der Waals surface area contributed by atoms with Crippen LogP contribution in [0.2, 0.25) is 0 Å². The van der Waals surface area contributed by atoms with Crippen molar-refractivity contribution < 1.29 is 27.9 Å². The summed E-state index contributed by atoms with van der Waals surface area (Å²) < 4.78 is 33.6. The highest BCUT2D eigenvalue weighted by atomic mass is 32.2. The topological polar surface area (TPSA) is 155 Å². The lowest BCUT2D eigenvalue weighted by atomic mass is 10.1. The molecule has 4 aromatic rings. The predicted molar refractivity (Wildman–Crippen MR) is 159 cm³/mol. The Bertz CT molecular complexity index is 1840. The zero-order chi connectivity index (χ0) is 31.2. The van der Waals surface area contributed by atoms with Crippen LogP contribution in [0.5, 0.6) is 5.75 Å². The van der Waals surface area contributed by atoms with E-state index in [1.54, 1.807) is 41.8 Å². The van der Waals surface area contributed by atoms with Gasteiger partial charge in [0.2, 0.25) is 5.91 Å². The van der Waals surface area contributed by atoms with E-state index in [1.807, 2.05) is 17.9 Å². The lowest BCUT2D eigenvalue weighted by molar-refractivity contribution is -0.129. The number of hydrogen-bond acceptors (Lipinski definition) is 9. The van der Waals surface area contributed by atoms with Crippen LogP contribution in [0, 0.1) is 13.8 Å². The van der Waals surface area contributed by atoms with Crippen molar-refractivity contribution in [1.29, 1.82) is 0 Å². The minimum Gasteiger partial charge on any atom is -0.495 e. The zero-order valence-corrected chi connectivity index (χ0v) is 25.7. The molecule has 1 aromatic carbocycles. The number of hydrogen-bond donors (Lipinski definition) is 1. The number of aromatic nitrogens is 5. The molecular weight excluding hydrogens is 576 g/mol. The number of methoxy groups -OCH3 is 1. The van der Waals surface area contributed by atoms with Crippen molar-refractivity contribution in [3.63, 3.8) is 0 Å². The second kappa shape index (κ2) is 11.2. The molecule has 43 heavy (non-hydrogen) atoms. The summed E-state index contributed by atoms with van der Waals surface area (Å²) >= 11 is 0. The lowest BCUT2D eigenvalue weighted by Crippen LogP contribution is -2.48. The predicted octanol–water partition coefficient (Wildman–Crippen LogP) is 2.51. The van der Waals surface area contributed by atoms with Crippen LogP contribution < -0.4 is 14.5 Å². The number of nitrogens with zero attached hydrogens (tertiary/aromatic N) is 8. The molecule has 15 heteroatoms. The molecule has 0 saturated carbocycles. The van der Waals surface area contributed by atoms with E-state index in [9.17, 15) is 23.1 Å². The standard InChI is InChI=1S/C28H34N8O6S/c1-17-13-21(32(4)30-17)16-35(28(38)39)25-15-24(34-11-9-33(10-12-34)19(3)37)29-27-26(18(2)31-36(25)27)20-7-8-22(42-5)23(14-20)43(6,40)41/h7-8,13-15H,9-12,16H2,1-6H3,(H,38,39). The molecule has 2 amide bonds. The number of carbonyl (C=O) groups excluding carboxylic acids is 1. The summed E-state index contributed by atoms with van der Waals surface area (Å²) in [6.45, 7) is 7.12. The SMILES string of the molecule is COc1ccc(-c2c(C)nn3c(N(Cc4cc(C)nn4C)C(=O)O)cc(N4CCN(C(C)=O)CC4)nc23)cc1S(C)(=O)=O. The number of rotatable bonds is 7. The summed E-state index contributed by atoms with van der Waals surface area (Å²) in [4.78, 5) is 34.6. The van der Waals surface area contributed by atoms with Gasteiger partial charge in [0.25, 0.3) is 0 Å². The first kappa shape index (κ1) is 29.8. The van der Waals surface area contributed by atoms with E-state index in [2.05, 4.69) is 5.10 Å². The molecule has 0 atom stereocenters. The summed E-state index contributed by atoms with van der Waals surface area (Å²) in [5.74, 6) is 0.964. The molecule has 0 unspecified atom stereocenters. The minimum atomic E-state index is -3.64. The van der Waals surface area contributed by atoms with Crippen LogP contribution in [0.4, 0.5) is 16.4 Å². The molecule has 0 radical (unpaired) electrons. The van der Waals surface area contributed by atoms with E-state index in [4.69, 9.17) is 14.8 Å². The number of aryl methyl sites for hydroxylation is 3. The van der Waals surface area contributed by atoms with Gasteiger partial charge in [-0.3, -0.25) is 14.4 Å². The highest BCUT2D eigenvalue weighted by Crippen LogP contribution is 2.36. The van der Waals surface area contributed by atoms with Crippen molar-refractivity contribution in [2.75, 3.05) is 49.3 Å². The third kappa shape index (κ3) is 5.71. The summed E-state index contributed by atoms with van der Waals surface area (Å²) in [6, 6.07) is 8.32. The number of fused-ring (bicyclic) bond motifs is 1. The Morgan fingerprint density at radius 3 is 2.33 bits per heavy atom. The highest BCUT2D eigenvalue weighted by molar-refractivity contribution is 7.90. The largest absolute Gasteiger partial charge is 0.495 e. The van der Waals surface area contributed by atoms with Crippen molar-refractivity contribution >= 4 is 39.1 Å². The van der Waals surface area contributed by atoms with E-state index < -0.39 is 15.9 Å². The van der Waals surface area contributed by atoms with Crippen molar-refractivity contribution in [3.05, 3.63) is 47.4 Å². The second-order valence-electron chi connectivity index (χ2n) is 10.6. The number of benzene rings is 1. The number of ether oxygens (including phenoxy) is 1. The first-order valence-electron chi connectivity index (χ1n) is 13.6. The minimum absolute atomic E-state index is 0.00164. The Labute approximate surface area is 249 Å². The van der Waals surface area contributed by atoms with Crippen molar-refractivity contribution in [2.45, 2.75) is 32.2 Å². The number of sulfone groups is 1. The molecule has 1 aliphatic heterocycles. The Morgan fingerprint density at radius 1 is 1.07 bits per heavy atom. The summed E-state index contributed by atoms with van der Waals surface area (Å²) in [6.07, 6.45) is -0.0883. The Kier molecular flexibility index (Phi) is 7.77. The quantitative estimate of drug-likeness (QED) is 0.330. The molecular formula is C28H34N8O6S. The molecule has 0 aliphatic carbocycles. The van der Waals surface area contributed by atoms with Crippen molar-refractivity contribution in [3.8, 4) is 16.9 Å². The van der Waals surface area contributed by atoms with Crippen molar-refractivity contribution in [1.82, 2.24) is 29.3 Å². The van der Waals surface area contributed by atoms with Gasteiger partial charge in [-0.2, -0.15) is 14.7 Å². The number of carboxylic acid groups (broad SMARTS) is 1. The molecule has 5 rings (SSSR count). The van der Waals surface area contributed by atoms with Crippen LogP contribution >= 0.6 is 0 Å². The first-order chi connectivity index (χ1) is 20.3. The van der Waals surface area contributed by atoms with Gasteiger partial charge in [-0.15, -0.1) is 0 Å². The van der Waals surface area contributed by atoms with E-state index >= 15 is 0 Å². The van der Waals surface area contributed by atoms with Crippen molar-refractivity contribution in [2.24, 2.45) is 7.05 Å². The average molecular weight is 611 g/mol. The summed E-state index contributed by atoms with van der Waals surface area (Å²) in [5, 5.41) is 19.5. The van der Waals surface area contributed by atoms with Gasteiger partial charge >= 0.3 is 6.09 Å². The number of carbonyl (C=O) groups is 2. The van der Waals surface area contributed by atoms with Crippen LogP contribution in [-0.4, -0.2) is 94.3 Å². The second-order valence-corrected chi connectivity index (χ2v) is 12.6. The maximum atomic E-state index is 12.8. The van der Waals surface area contributed by atoms with Crippen LogP contribution in [0.1, 0.15) is 24.0 Å². The maximum absolute atomic E-state index is 12.8. The molecule has 0 bridgehead atoms. The molecule has 1 N–H and O–H groups in total. The first-order valence-corrected chi connectivity index (χ1v) is 15.5. The van der Waals surface area contributed by atoms with Crippen LogP contribution in [0.3, 0.4) is 0 Å². The monoisotopic (exact) mass is 610 g/mol. The van der Waals surface area contributed by atoms with E-state index in [0.717, 1.165) is 11.9 Å². The number of anilines is 2. The molecule has 1 fully saturated rings. The Balaban J connectivity index is 1.72. The fourth-order valence-corrected chi connectivity index (χ4v) is 6.24. The number of amides is 2. The summed E-state index contributed by atoms with van der Waals surface area (Å²) in [5.41, 5.74) is 3.41. The smallest absolute Gasteiger partial charge is 0.413 e. The zero-order valence-electron chi connectivity index (χ0n) is 24.9. The fraction of sp³-hybridized carbons (Fsp3) is 0.393. The van der Waals surface area contributed by atoms with Crippen LogP contribution in [0.15, 0.2) is 35.2 Å². The lowest BCUT2D eigenvalue weighted by Gasteiger charge is -2.35. The molecule has 0 spiro atoms. The van der Waals surface area contributed by atoms with E-state index in [0.29, 0.717) is 60.2 Å². The van der Waals surface area contributed by atoms with E-state index in [-0.39, 0.29) is 28.9 Å². The molecule has 228 valence electrons. The third-order valence-electron chi connectivity index (χ3n) is 7.56. The molecule has 1 saturated heterocycles. The molecule has 1 aliphatic rings. The van der Waals surface area contributed by atoms with Crippen LogP contribution in [-0.2, 0) is 28.2 Å². The van der Waals surface area contributed by atoms with Gasteiger partial charge in [0, 0.05) is 58.0 Å². The maximum Gasteiger partial charge on any atom is 0.413 e. The molecule has 3 aromatic heterocycles. The van der Waals surface area contributed by atoms with Gasteiger partial charge in [-0.25, -0.2) is 18.2 Å². The number of piperazine rings is 1. The van der Waals surface area contributed by atoms with Gasteiger partial charge in [-0.1, -0.05) is 6.07 Å². The Hall–Kier alpha value is -4.66. The van der Waals surface area contributed by atoms with Gasteiger partial charge in [0.1, 0.15) is 22.3 Å². The average Bonchev–Trinajstić information content (AvgIpc) is 3.46. The van der Waals surface area contributed by atoms with Crippen LogP contribution in [0.25, 0.3) is 16.8 Å². The third-order valence-corrected chi connectivity index (χ3v) is 8.68. The van der Waals surface area contributed by atoms with E-state index in [1.165, 1.54) is 29.5 Å². The fourth-order valence-electron chi connectivity index (χ4n) is 5.38. The van der Waals surface area contributed by atoms with Gasteiger partial charge in [-0.05, 0) is 37.6 Å².